The van der Waals surface area contributed by atoms with E-state index in [9.17, 15) is 0 Å². The van der Waals surface area contributed by atoms with Crippen LogP contribution in [0, 0.1) is 0 Å². The van der Waals surface area contributed by atoms with Gasteiger partial charge in [0.15, 0.2) is 11.6 Å². The van der Waals surface area contributed by atoms with E-state index in [4.69, 9.17) is 22.1 Å². The van der Waals surface area contributed by atoms with Crippen molar-refractivity contribution in [3.8, 4) is 11.5 Å². The van der Waals surface area contributed by atoms with E-state index in [1.165, 1.54) is 0 Å². The Labute approximate surface area is 177 Å². The maximum atomic E-state index is 6.26. The van der Waals surface area contributed by atoms with Crippen molar-refractivity contribution in [3.63, 3.8) is 0 Å². The summed E-state index contributed by atoms with van der Waals surface area (Å²) in [4.78, 5) is 8.67. The Bertz CT molecular complexity index is 1010. The smallest absolute Gasteiger partial charge is 0.178 e. The molecule has 0 aliphatic carbocycles. The molecule has 0 spiro atoms. The molecule has 1 aliphatic rings. The molecule has 0 radical (unpaired) electrons. The Kier molecular flexibility index (Phi) is 5.82. The van der Waals surface area contributed by atoms with E-state index in [0.29, 0.717) is 16.6 Å². The minimum atomic E-state index is -0.225. The fourth-order valence-electron chi connectivity index (χ4n) is 2.79. The van der Waals surface area contributed by atoms with Gasteiger partial charge in [-0.05, 0) is 42.7 Å². The van der Waals surface area contributed by atoms with Crippen molar-refractivity contribution >= 4 is 40.9 Å². The number of ether oxygens (including phenoxy) is 1. The van der Waals surface area contributed by atoms with E-state index in [2.05, 4.69) is 4.98 Å². The number of nitrogens with two attached hydrogens (primary N) is 1. The largest absolute Gasteiger partial charge is 0.453 e. The second kappa shape index (κ2) is 8.49. The summed E-state index contributed by atoms with van der Waals surface area (Å²) in [6.45, 7) is 2.02. The van der Waals surface area contributed by atoms with Crippen molar-refractivity contribution in [2.45, 2.75) is 22.2 Å². The minimum Gasteiger partial charge on any atom is -0.453 e. The van der Waals surface area contributed by atoms with Crippen LogP contribution in [-0.2, 0) is 0 Å². The molecule has 7 heteroatoms. The number of anilines is 1. The van der Waals surface area contributed by atoms with Crippen molar-refractivity contribution in [1.82, 2.24) is 4.98 Å². The topological polar surface area (TPSA) is 51.4 Å². The molecule has 0 saturated heterocycles. The van der Waals surface area contributed by atoms with E-state index < -0.39 is 0 Å². The highest BCUT2D eigenvalue weighted by molar-refractivity contribution is 8.03. The van der Waals surface area contributed by atoms with Crippen LogP contribution < -0.4 is 15.4 Å². The molecule has 2 N–H and O–H groups in total. The van der Waals surface area contributed by atoms with Gasteiger partial charge in [0, 0.05) is 32.8 Å². The number of hydrogen-bond acceptors (Lipinski definition) is 6. The predicted octanol–water partition coefficient (Wildman–Crippen LogP) is 6.34. The van der Waals surface area contributed by atoms with Gasteiger partial charge in [-0.15, -0.1) is 0 Å². The summed E-state index contributed by atoms with van der Waals surface area (Å²) in [6.07, 6.45) is 1.84. The quantitative estimate of drug-likeness (QED) is 0.513. The Morgan fingerprint density at radius 1 is 1.11 bits per heavy atom. The van der Waals surface area contributed by atoms with Crippen LogP contribution in [-0.4, -0.2) is 10.5 Å². The number of allylic oxidation sites excluding steroid dienone is 1. The van der Waals surface area contributed by atoms with Crippen molar-refractivity contribution in [1.29, 1.82) is 0 Å². The molecule has 3 aromatic rings. The first-order valence-corrected chi connectivity index (χ1v) is 10.8. The molecule has 28 heavy (non-hydrogen) atoms. The van der Waals surface area contributed by atoms with Crippen molar-refractivity contribution < 1.29 is 4.74 Å². The van der Waals surface area contributed by atoms with Gasteiger partial charge in [0.1, 0.15) is 11.2 Å². The number of para-hydroxylation sites is 1. The van der Waals surface area contributed by atoms with Gasteiger partial charge < -0.3 is 15.4 Å². The van der Waals surface area contributed by atoms with E-state index in [0.717, 1.165) is 21.2 Å². The average molecular weight is 428 g/mol. The molecule has 0 fully saturated rings. The van der Waals surface area contributed by atoms with Gasteiger partial charge in [0.2, 0.25) is 0 Å². The third-order valence-corrected chi connectivity index (χ3v) is 6.20. The average Bonchev–Trinajstić information content (AvgIpc) is 3.01. The molecular formula is C21H18ClN3OS2. The molecule has 142 valence electrons. The van der Waals surface area contributed by atoms with E-state index in [1.807, 2.05) is 84.1 Å². The van der Waals surface area contributed by atoms with Gasteiger partial charge in [-0.3, -0.25) is 0 Å². The van der Waals surface area contributed by atoms with Crippen molar-refractivity contribution in [3.05, 3.63) is 83.0 Å². The summed E-state index contributed by atoms with van der Waals surface area (Å²) in [5.41, 5.74) is 7.08. The second-order valence-electron chi connectivity index (χ2n) is 6.12. The zero-order valence-electron chi connectivity index (χ0n) is 15.1. The molecule has 0 saturated carbocycles. The SMILES string of the molecule is CC1=CSC(N)N1c1ncc(Sc2cccc(Cl)c2)cc1Oc1ccccc1. The molecule has 0 bridgehead atoms. The Balaban J connectivity index is 1.70. The van der Waals surface area contributed by atoms with Crippen molar-refractivity contribution in [2.75, 3.05) is 4.90 Å². The van der Waals surface area contributed by atoms with E-state index in [-0.39, 0.29) is 5.50 Å². The molecule has 1 atom stereocenters. The van der Waals surface area contributed by atoms with Gasteiger partial charge in [-0.25, -0.2) is 4.98 Å². The van der Waals surface area contributed by atoms with Gasteiger partial charge in [0.05, 0.1) is 0 Å². The number of nitrogens with zero attached hydrogens (tertiary/aromatic N) is 2. The molecule has 1 unspecified atom stereocenters. The summed E-state index contributed by atoms with van der Waals surface area (Å²) in [7, 11) is 0. The highest BCUT2D eigenvalue weighted by Crippen LogP contribution is 2.41. The first-order valence-electron chi connectivity index (χ1n) is 8.63. The number of pyridine rings is 1. The number of rotatable bonds is 5. The third kappa shape index (κ3) is 4.31. The zero-order valence-corrected chi connectivity index (χ0v) is 17.5. The molecule has 1 aromatic heterocycles. The van der Waals surface area contributed by atoms with Crippen LogP contribution in [0.5, 0.6) is 11.5 Å². The van der Waals surface area contributed by atoms with Crippen LogP contribution in [0.3, 0.4) is 0 Å². The molecule has 1 aliphatic heterocycles. The van der Waals surface area contributed by atoms with Crippen LogP contribution in [0.25, 0.3) is 0 Å². The Morgan fingerprint density at radius 3 is 2.64 bits per heavy atom. The van der Waals surface area contributed by atoms with Gasteiger partial charge in [0.25, 0.3) is 0 Å². The minimum absolute atomic E-state index is 0.225. The fourth-order valence-corrected chi connectivity index (χ4v) is 4.76. The van der Waals surface area contributed by atoms with Crippen LogP contribution in [0.2, 0.25) is 5.02 Å². The van der Waals surface area contributed by atoms with Gasteiger partial charge in [-0.2, -0.15) is 0 Å². The first kappa shape index (κ1) is 19.2. The first-order chi connectivity index (χ1) is 13.6. The highest BCUT2D eigenvalue weighted by atomic mass is 35.5. The molecule has 2 heterocycles. The summed E-state index contributed by atoms with van der Waals surface area (Å²) in [6, 6.07) is 19.4. The number of thioether (sulfide) groups is 1. The van der Waals surface area contributed by atoms with Crippen LogP contribution in [0.4, 0.5) is 5.82 Å². The summed E-state index contributed by atoms with van der Waals surface area (Å²) in [5, 5.41) is 2.74. The van der Waals surface area contributed by atoms with Crippen molar-refractivity contribution in [2.24, 2.45) is 5.73 Å². The number of hydrogen-bond donors (Lipinski definition) is 1. The van der Waals surface area contributed by atoms with Crippen LogP contribution in [0.1, 0.15) is 6.92 Å². The molecule has 2 aromatic carbocycles. The Morgan fingerprint density at radius 2 is 1.93 bits per heavy atom. The van der Waals surface area contributed by atoms with Crippen LogP contribution >= 0.6 is 35.1 Å². The Hall–Kier alpha value is -2.12. The predicted molar refractivity (Wildman–Crippen MR) is 118 cm³/mol. The lowest BCUT2D eigenvalue weighted by Crippen LogP contribution is -2.35. The van der Waals surface area contributed by atoms with E-state index >= 15 is 0 Å². The van der Waals surface area contributed by atoms with Gasteiger partial charge in [-0.1, -0.05) is 59.4 Å². The lowest BCUT2D eigenvalue weighted by Gasteiger charge is -2.26. The normalized spacial score (nSPS) is 16.2. The number of benzene rings is 2. The maximum absolute atomic E-state index is 6.26. The van der Waals surface area contributed by atoms with E-state index in [1.54, 1.807) is 23.5 Å². The van der Waals surface area contributed by atoms with Crippen LogP contribution in [0.15, 0.2) is 87.8 Å². The summed E-state index contributed by atoms with van der Waals surface area (Å²) < 4.78 is 6.19. The lowest BCUT2D eigenvalue weighted by atomic mass is 10.3. The summed E-state index contributed by atoms with van der Waals surface area (Å²) >= 11 is 9.25. The number of aromatic nitrogens is 1. The number of halogens is 1. The third-order valence-electron chi connectivity index (χ3n) is 4.05. The van der Waals surface area contributed by atoms with Gasteiger partial charge >= 0.3 is 0 Å². The molecule has 0 amide bonds. The summed E-state index contributed by atoms with van der Waals surface area (Å²) in [5.74, 6) is 2.10. The fraction of sp³-hybridized carbons (Fsp3) is 0.0952. The molecular weight excluding hydrogens is 410 g/mol. The zero-order chi connectivity index (χ0) is 19.5. The monoisotopic (exact) mass is 427 g/mol. The second-order valence-corrected chi connectivity index (χ2v) is 8.70. The lowest BCUT2D eigenvalue weighted by molar-refractivity contribution is 0.478. The molecule has 4 rings (SSSR count). The standard InChI is InChI=1S/C21H18ClN3OS2/c1-14-13-27-21(23)25(14)20-19(26-16-7-3-2-4-8-16)11-18(12-24-20)28-17-9-5-6-15(22)10-17/h2-13,21H,23H2,1H3. The molecule has 4 nitrogen and oxygen atoms in total. The highest BCUT2D eigenvalue weighted by Gasteiger charge is 2.27. The maximum Gasteiger partial charge on any atom is 0.178 e.